The second kappa shape index (κ2) is 8.51. The number of nitrogen functional groups attached to an aromatic ring is 1. The molecule has 166 valence electrons. The monoisotopic (exact) mass is 515 g/mol. The standard InChI is InChI=1S/C20H11BrF5N3O3/c1-31-19(30)17-16(28)9(7-27)8-29(17)15-6-11(2-3-12(15)21)32-18-13(22)4-10(5-14(18)23)20(24,25)26/h2-6,8H,28H2,1H3. The van der Waals surface area contributed by atoms with Crippen LogP contribution in [0.4, 0.5) is 27.6 Å². The van der Waals surface area contributed by atoms with Crippen LogP contribution < -0.4 is 10.5 Å². The number of carbonyl (C=O) groups is 1. The number of ether oxygens (including phenoxy) is 2. The van der Waals surface area contributed by atoms with E-state index in [2.05, 4.69) is 20.7 Å². The summed E-state index contributed by atoms with van der Waals surface area (Å²) in [7, 11) is 1.11. The van der Waals surface area contributed by atoms with Crippen LogP contribution in [-0.2, 0) is 10.9 Å². The van der Waals surface area contributed by atoms with Crippen molar-refractivity contribution in [2.75, 3.05) is 12.8 Å². The molecule has 3 rings (SSSR count). The van der Waals surface area contributed by atoms with Gasteiger partial charge in [0.2, 0.25) is 0 Å². The van der Waals surface area contributed by atoms with E-state index < -0.39 is 35.1 Å². The highest BCUT2D eigenvalue weighted by Crippen LogP contribution is 2.37. The van der Waals surface area contributed by atoms with Crippen molar-refractivity contribution in [3.8, 4) is 23.3 Å². The topological polar surface area (TPSA) is 90.3 Å². The van der Waals surface area contributed by atoms with Crippen molar-refractivity contribution in [2.24, 2.45) is 0 Å². The number of hydrogen-bond acceptors (Lipinski definition) is 5. The van der Waals surface area contributed by atoms with Crippen molar-refractivity contribution in [3.05, 3.63) is 69.5 Å². The molecule has 0 fully saturated rings. The van der Waals surface area contributed by atoms with Crippen LogP contribution in [0.3, 0.4) is 0 Å². The molecule has 0 aliphatic heterocycles. The molecule has 0 bridgehead atoms. The summed E-state index contributed by atoms with van der Waals surface area (Å²) in [5.41, 5.74) is 4.13. The van der Waals surface area contributed by atoms with Crippen LogP contribution in [0.15, 0.2) is 41.0 Å². The van der Waals surface area contributed by atoms with E-state index in [1.54, 1.807) is 0 Å². The average molecular weight is 516 g/mol. The largest absolute Gasteiger partial charge is 0.464 e. The Balaban J connectivity index is 2.09. The Hall–Kier alpha value is -3.59. The predicted molar refractivity (Wildman–Crippen MR) is 105 cm³/mol. The van der Waals surface area contributed by atoms with Gasteiger partial charge < -0.3 is 19.8 Å². The first-order valence-corrected chi connectivity index (χ1v) is 9.30. The number of rotatable bonds is 4. The number of benzene rings is 2. The molecule has 0 unspecified atom stereocenters. The fourth-order valence-electron chi connectivity index (χ4n) is 2.78. The number of carbonyl (C=O) groups excluding carboxylic acids is 1. The summed E-state index contributed by atoms with van der Waals surface area (Å²) in [6.45, 7) is 0. The minimum atomic E-state index is -4.94. The fourth-order valence-corrected chi connectivity index (χ4v) is 3.22. The van der Waals surface area contributed by atoms with E-state index in [1.165, 1.54) is 29.0 Å². The van der Waals surface area contributed by atoms with Crippen LogP contribution in [0.25, 0.3) is 5.69 Å². The minimum absolute atomic E-state index is 0.0385. The van der Waals surface area contributed by atoms with Gasteiger partial charge in [0.1, 0.15) is 11.8 Å². The van der Waals surface area contributed by atoms with Gasteiger partial charge in [-0.1, -0.05) is 0 Å². The van der Waals surface area contributed by atoms with E-state index in [0.29, 0.717) is 4.47 Å². The molecule has 0 radical (unpaired) electrons. The predicted octanol–water partition coefficient (Wildman–Crippen LogP) is 5.57. The summed E-state index contributed by atoms with van der Waals surface area (Å²) < 4.78 is 77.9. The van der Waals surface area contributed by atoms with Crippen LogP contribution in [0.1, 0.15) is 21.6 Å². The maximum atomic E-state index is 14.2. The van der Waals surface area contributed by atoms with Gasteiger partial charge in [0.25, 0.3) is 0 Å². The van der Waals surface area contributed by atoms with E-state index in [-0.39, 0.29) is 40.5 Å². The summed E-state index contributed by atoms with van der Waals surface area (Å²) in [4.78, 5) is 12.2. The molecule has 0 amide bonds. The number of anilines is 1. The number of hydrogen-bond donors (Lipinski definition) is 1. The lowest BCUT2D eigenvalue weighted by atomic mass is 10.2. The highest BCUT2D eigenvalue weighted by Gasteiger charge is 2.33. The number of nitrogens with zero attached hydrogens (tertiary/aromatic N) is 2. The molecule has 0 aliphatic carbocycles. The third-order valence-corrected chi connectivity index (χ3v) is 4.94. The van der Waals surface area contributed by atoms with Crippen molar-refractivity contribution < 1.29 is 36.2 Å². The van der Waals surface area contributed by atoms with Crippen LogP contribution >= 0.6 is 15.9 Å². The average Bonchev–Trinajstić information content (AvgIpc) is 3.06. The number of alkyl halides is 3. The van der Waals surface area contributed by atoms with Crippen LogP contribution in [0.5, 0.6) is 11.5 Å². The molecule has 2 N–H and O–H groups in total. The van der Waals surface area contributed by atoms with Gasteiger partial charge in [0, 0.05) is 16.7 Å². The van der Waals surface area contributed by atoms with Gasteiger partial charge in [-0.05, 0) is 40.2 Å². The molecule has 0 saturated carbocycles. The second-order valence-electron chi connectivity index (χ2n) is 6.26. The lowest BCUT2D eigenvalue weighted by Gasteiger charge is -2.14. The van der Waals surface area contributed by atoms with E-state index in [9.17, 15) is 32.0 Å². The Morgan fingerprint density at radius 1 is 1.19 bits per heavy atom. The minimum Gasteiger partial charge on any atom is -0.464 e. The number of nitriles is 1. The molecule has 1 heterocycles. The van der Waals surface area contributed by atoms with Gasteiger partial charge in [-0.3, -0.25) is 0 Å². The smallest absolute Gasteiger partial charge is 0.416 e. The number of aromatic nitrogens is 1. The Bertz CT molecular complexity index is 1240. The number of nitrogens with two attached hydrogens (primary N) is 1. The highest BCUT2D eigenvalue weighted by molar-refractivity contribution is 9.10. The zero-order valence-electron chi connectivity index (χ0n) is 15.9. The van der Waals surface area contributed by atoms with Crippen molar-refractivity contribution in [1.29, 1.82) is 5.26 Å². The van der Waals surface area contributed by atoms with E-state index >= 15 is 0 Å². The maximum Gasteiger partial charge on any atom is 0.416 e. The normalized spacial score (nSPS) is 11.2. The van der Waals surface area contributed by atoms with Crippen molar-refractivity contribution in [3.63, 3.8) is 0 Å². The molecule has 1 aromatic heterocycles. The van der Waals surface area contributed by atoms with Gasteiger partial charge in [-0.25, -0.2) is 13.6 Å². The van der Waals surface area contributed by atoms with Gasteiger partial charge in [0.05, 0.1) is 29.6 Å². The van der Waals surface area contributed by atoms with Crippen LogP contribution in [0.2, 0.25) is 0 Å². The van der Waals surface area contributed by atoms with Crippen LogP contribution in [0, 0.1) is 23.0 Å². The van der Waals surface area contributed by atoms with Crippen molar-refractivity contribution in [2.45, 2.75) is 6.18 Å². The third-order valence-electron chi connectivity index (χ3n) is 4.27. The number of methoxy groups -OCH3 is 1. The lowest BCUT2D eigenvalue weighted by molar-refractivity contribution is -0.138. The third kappa shape index (κ3) is 4.24. The summed E-state index contributed by atoms with van der Waals surface area (Å²) >= 11 is 3.25. The Labute approximate surface area is 185 Å². The molecular formula is C20H11BrF5N3O3. The first kappa shape index (κ1) is 23.1. The molecule has 0 saturated heterocycles. The number of halogens is 6. The summed E-state index contributed by atoms with van der Waals surface area (Å²) in [5, 5.41) is 9.22. The van der Waals surface area contributed by atoms with Gasteiger partial charge >= 0.3 is 12.1 Å². The first-order chi connectivity index (χ1) is 15.0. The lowest BCUT2D eigenvalue weighted by Crippen LogP contribution is -2.11. The van der Waals surface area contributed by atoms with Gasteiger partial charge in [-0.15, -0.1) is 0 Å². The molecule has 32 heavy (non-hydrogen) atoms. The maximum absolute atomic E-state index is 14.2. The molecular weight excluding hydrogens is 505 g/mol. The van der Waals surface area contributed by atoms with Gasteiger partial charge in [0.15, 0.2) is 23.1 Å². The molecule has 2 aromatic carbocycles. The summed E-state index contributed by atoms with van der Waals surface area (Å²) in [6, 6.07) is 5.95. The second-order valence-corrected chi connectivity index (χ2v) is 7.11. The Kier molecular flexibility index (Phi) is 6.13. The van der Waals surface area contributed by atoms with E-state index in [0.717, 1.165) is 7.11 Å². The molecule has 3 aromatic rings. The van der Waals surface area contributed by atoms with Crippen molar-refractivity contribution in [1.82, 2.24) is 4.57 Å². The Morgan fingerprint density at radius 3 is 2.34 bits per heavy atom. The van der Waals surface area contributed by atoms with E-state index in [1.807, 2.05) is 6.07 Å². The zero-order chi connectivity index (χ0) is 23.8. The first-order valence-electron chi connectivity index (χ1n) is 8.51. The summed E-state index contributed by atoms with van der Waals surface area (Å²) in [6.07, 6.45) is -3.70. The highest BCUT2D eigenvalue weighted by atomic mass is 79.9. The molecule has 12 heteroatoms. The van der Waals surface area contributed by atoms with Gasteiger partial charge in [-0.2, -0.15) is 18.4 Å². The SMILES string of the molecule is COC(=O)c1c(N)c(C#N)cn1-c1cc(Oc2c(F)cc(C(F)(F)F)cc2F)ccc1Br. The molecule has 0 aliphatic rings. The molecule has 6 nitrogen and oxygen atoms in total. The quantitative estimate of drug-likeness (QED) is 0.362. The molecule has 0 spiro atoms. The molecule has 0 atom stereocenters. The zero-order valence-corrected chi connectivity index (χ0v) is 17.5. The van der Waals surface area contributed by atoms with E-state index in [4.69, 9.17) is 10.5 Å². The summed E-state index contributed by atoms with van der Waals surface area (Å²) in [5.74, 6) is -5.21. The van der Waals surface area contributed by atoms with Crippen molar-refractivity contribution >= 4 is 27.6 Å². The van der Waals surface area contributed by atoms with Crippen LogP contribution in [-0.4, -0.2) is 17.6 Å². The number of esters is 1. The Morgan fingerprint density at radius 2 is 1.81 bits per heavy atom. The fraction of sp³-hybridized carbons (Fsp3) is 0.100.